The molecule has 0 bridgehead atoms. The maximum Gasteiger partial charge on any atom is 0.234 e. The molecule has 0 aromatic heterocycles. The SMILES string of the molecule is O=C1NC(=NCC(c2ccc(F)cc2)N2CCOCC2)NC2NNCC12. The van der Waals surface area contributed by atoms with Gasteiger partial charge >= 0.3 is 0 Å². The number of carbonyl (C=O) groups excluding carboxylic acids is 1. The summed E-state index contributed by atoms with van der Waals surface area (Å²) in [6.45, 7) is 3.97. The first-order valence-corrected chi connectivity index (χ1v) is 8.88. The molecule has 1 amide bonds. The minimum absolute atomic E-state index is 0.00177. The van der Waals surface area contributed by atoms with Crippen molar-refractivity contribution in [3.63, 3.8) is 0 Å². The number of hydrazine groups is 1. The van der Waals surface area contributed by atoms with Gasteiger partial charge in [-0.3, -0.25) is 25.4 Å². The van der Waals surface area contributed by atoms with E-state index in [1.807, 2.05) is 0 Å². The van der Waals surface area contributed by atoms with Gasteiger partial charge in [-0.15, -0.1) is 0 Å². The molecule has 0 radical (unpaired) electrons. The number of amides is 1. The fraction of sp³-hybridized carbons (Fsp3) is 0.529. The molecule has 1 aromatic rings. The number of ether oxygens (including phenoxy) is 1. The molecule has 4 rings (SSSR count). The second kappa shape index (κ2) is 7.67. The van der Waals surface area contributed by atoms with Crippen LogP contribution in [0.15, 0.2) is 29.3 Å². The van der Waals surface area contributed by atoms with Gasteiger partial charge in [-0.2, -0.15) is 0 Å². The number of morpholine rings is 1. The molecule has 8 nitrogen and oxygen atoms in total. The van der Waals surface area contributed by atoms with Crippen molar-refractivity contribution in [2.75, 3.05) is 39.4 Å². The van der Waals surface area contributed by atoms with Gasteiger partial charge in [0.25, 0.3) is 0 Å². The van der Waals surface area contributed by atoms with Crippen molar-refractivity contribution in [3.05, 3.63) is 35.6 Å². The molecule has 3 aliphatic rings. The molecular weight excluding hydrogens is 339 g/mol. The van der Waals surface area contributed by atoms with E-state index in [4.69, 9.17) is 4.74 Å². The predicted molar refractivity (Wildman–Crippen MR) is 93.5 cm³/mol. The summed E-state index contributed by atoms with van der Waals surface area (Å²) in [5, 5.41) is 6.03. The van der Waals surface area contributed by atoms with Gasteiger partial charge < -0.3 is 10.1 Å². The first-order valence-electron chi connectivity index (χ1n) is 8.88. The van der Waals surface area contributed by atoms with Crippen LogP contribution in [0.1, 0.15) is 11.6 Å². The summed E-state index contributed by atoms with van der Waals surface area (Å²) >= 11 is 0. The number of guanidine groups is 1. The average Bonchev–Trinajstić information content (AvgIpc) is 3.13. The van der Waals surface area contributed by atoms with Gasteiger partial charge in [0.15, 0.2) is 5.96 Å². The highest BCUT2D eigenvalue weighted by Crippen LogP contribution is 2.23. The van der Waals surface area contributed by atoms with Crippen LogP contribution >= 0.6 is 0 Å². The van der Waals surface area contributed by atoms with E-state index in [0.717, 1.165) is 18.7 Å². The molecule has 1 aromatic carbocycles. The number of benzene rings is 1. The van der Waals surface area contributed by atoms with Gasteiger partial charge in [0, 0.05) is 19.6 Å². The predicted octanol–water partition coefficient (Wildman–Crippen LogP) is -0.675. The van der Waals surface area contributed by atoms with Crippen molar-refractivity contribution in [3.8, 4) is 0 Å². The third-order valence-electron chi connectivity index (χ3n) is 5.02. The molecular formula is C17H23FN6O2. The smallest absolute Gasteiger partial charge is 0.234 e. The number of aliphatic imine (C=N–C) groups is 1. The van der Waals surface area contributed by atoms with E-state index in [-0.39, 0.29) is 29.8 Å². The van der Waals surface area contributed by atoms with Crippen LogP contribution < -0.4 is 21.5 Å². The van der Waals surface area contributed by atoms with Crippen molar-refractivity contribution >= 4 is 11.9 Å². The quantitative estimate of drug-likeness (QED) is 0.568. The fourth-order valence-electron chi connectivity index (χ4n) is 3.54. The van der Waals surface area contributed by atoms with E-state index in [2.05, 4.69) is 31.4 Å². The summed E-state index contributed by atoms with van der Waals surface area (Å²) < 4.78 is 18.7. The van der Waals surface area contributed by atoms with Gasteiger partial charge in [-0.05, 0) is 17.7 Å². The fourth-order valence-corrected chi connectivity index (χ4v) is 3.54. The van der Waals surface area contributed by atoms with Gasteiger partial charge in [0.1, 0.15) is 12.0 Å². The molecule has 26 heavy (non-hydrogen) atoms. The van der Waals surface area contributed by atoms with Gasteiger partial charge in [0.05, 0.1) is 31.7 Å². The second-order valence-corrected chi connectivity index (χ2v) is 6.65. The highest BCUT2D eigenvalue weighted by molar-refractivity contribution is 6.01. The Morgan fingerprint density at radius 2 is 2.04 bits per heavy atom. The van der Waals surface area contributed by atoms with E-state index >= 15 is 0 Å². The average molecular weight is 362 g/mol. The zero-order valence-electron chi connectivity index (χ0n) is 14.4. The Labute approximate surface area is 151 Å². The first kappa shape index (κ1) is 17.3. The Bertz CT molecular complexity index is 676. The third-order valence-corrected chi connectivity index (χ3v) is 5.02. The van der Waals surface area contributed by atoms with E-state index < -0.39 is 0 Å². The first-order chi connectivity index (χ1) is 12.7. The van der Waals surface area contributed by atoms with Crippen molar-refractivity contribution in [2.24, 2.45) is 10.9 Å². The van der Waals surface area contributed by atoms with Crippen molar-refractivity contribution in [2.45, 2.75) is 12.2 Å². The molecule has 140 valence electrons. The zero-order valence-corrected chi connectivity index (χ0v) is 14.4. The van der Waals surface area contributed by atoms with Gasteiger partial charge in [-0.1, -0.05) is 12.1 Å². The summed E-state index contributed by atoms with van der Waals surface area (Å²) in [4.78, 5) is 19.0. The number of nitrogens with zero attached hydrogens (tertiary/aromatic N) is 2. The maximum absolute atomic E-state index is 13.3. The molecule has 3 unspecified atom stereocenters. The molecule has 3 atom stereocenters. The van der Waals surface area contributed by atoms with Crippen LogP contribution in [0.4, 0.5) is 4.39 Å². The molecule has 3 saturated heterocycles. The van der Waals surface area contributed by atoms with Gasteiger partial charge in [-0.25, -0.2) is 9.82 Å². The van der Waals surface area contributed by atoms with E-state index in [1.54, 1.807) is 12.1 Å². The van der Waals surface area contributed by atoms with Crippen LogP contribution in [-0.4, -0.2) is 62.3 Å². The number of halogens is 1. The Balaban J connectivity index is 1.50. The van der Waals surface area contributed by atoms with Crippen LogP contribution in [0, 0.1) is 11.7 Å². The summed E-state index contributed by atoms with van der Waals surface area (Å²) in [7, 11) is 0. The summed E-state index contributed by atoms with van der Waals surface area (Å²) in [6.07, 6.45) is -0.157. The number of carbonyl (C=O) groups is 1. The van der Waals surface area contributed by atoms with Crippen LogP contribution in [0.2, 0.25) is 0 Å². The minimum Gasteiger partial charge on any atom is -0.379 e. The number of fused-ring (bicyclic) bond motifs is 1. The number of hydrogen-bond donors (Lipinski definition) is 4. The second-order valence-electron chi connectivity index (χ2n) is 6.65. The van der Waals surface area contributed by atoms with Crippen molar-refractivity contribution in [1.82, 2.24) is 26.4 Å². The lowest BCUT2D eigenvalue weighted by molar-refractivity contribution is -0.124. The molecule has 9 heteroatoms. The summed E-state index contributed by atoms with van der Waals surface area (Å²) in [5.41, 5.74) is 7.01. The topological polar surface area (TPSA) is 90.0 Å². The molecule has 0 spiro atoms. The number of rotatable bonds is 4. The number of nitrogens with one attached hydrogen (secondary N) is 4. The lowest BCUT2D eigenvalue weighted by Crippen LogP contribution is -2.61. The maximum atomic E-state index is 13.3. The van der Waals surface area contributed by atoms with E-state index in [9.17, 15) is 9.18 Å². The summed E-state index contributed by atoms with van der Waals surface area (Å²) in [6, 6.07) is 6.52. The minimum atomic E-state index is -0.257. The highest BCUT2D eigenvalue weighted by Gasteiger charge is 2.38. The summed E-state index contributed by atoms with van der Waals surface area (Å²) in [5.74, 6) is 0.0106. The lowest BCUT2D eigenvalue weighted by atomic mass is 10.0. The molecule has 3 heterocycles. The van der Waals surface area contributed by atoms with Crippen molar-refractivity contribution in [1.29, 1.82) is 0 Å². The largest absolute Gasteiger partial charge is 0.379 e. The molecule has 3 aliphatic heterocycles. The molecule has 0 aliphatic carbocycles. The van der Waals surface area contributed by atoms with Gasteiger partial charge in [0.2, 0.25) is 5.91 Å². The van der Waals surface area contributed by atoms with E-state index in [1.165, 1.54) is 12.1 Å². The monoisotopic (exact) mass is 362 g/mol. The van der Waals surface area contributed by atoms with Crippen LogP contribution in [0.5, 0.6) is 0 Å². The van der Waals surface area contributed by atoms with Crippen molar-refractivity contribution < 1.29 is 13.9 Å². The van der Waals surface area contributed by atoms with Crippen LogP contribution in [-0.2, 0) is 9.53 Å². The van der Waals surface area contributed by atoms with Crippen LogP contribution in [0.3, 0.4) is 0 Å². The highest BCUT2D eigenvalue weighted by atomic mass is 19.1. The Morgan fingerprint density at radius 1 is 1.27 bits per heavy atom. The Hall–Kier alpha value is -2.07. The van der Waals surface area contributed by atoms with Crippen LogP contribution in [0.25, 0.3) is 0 Å². The normalized spacial score (nSPS) is 29.1. The third kappa shape index (κ3) is 3.70. The standard InChI is InChI=1S/C17H23FN6O2/c18-12-3-1-11(2-4-12)14(24-5-7-26-8-6-24)10-19-17-21-15-13(9-20-23-15)16(25)22-17/h1-4,13-15,20,23H,5-10H2,(H2,19,21,22,25). The van der Waals surface area contributed by atoms with E-state index in [0.29, 0.717) is 32.3 Å². The molecule has 0 saturated carbocycles. The Kier molecular flexibility index (Phi) is 5.11. The molecule has 3 fully saturated rings. The Morgan fingerprint density at radius 3 is 2.81 bits per heavy atom. The zero-order chi connectivity index (χ0) is 17.9. The lowest BCUT2D eigenvalue weighted by Gasteiger charge is -2.34. The molecule has 4 N–H and O–H groups in total. The number of hydrogen-bond acceptors (Lipinski definition) is 6.